The van der Waals surface area contributed by atoms with Gasteiger partial charge in [0.05, 0.1) is 6.42 Å². The van der Waals surface area contributed by atoms with Crippen LogP contribution in [0.4, 0.5) is 0 Å². The molecule has 1 N–H and O–H groups in total. The molecule has 0 radical (unpaired) electrons. The van der Waals surface area contributed by atoms with Crippen molar-refractivity contribution < 1.29 is 4.79 Å². The lowest BCUT2D eigenvalue weighted by atomic mass is 9.92. The van der Waals surface area contributed by atoms with Crippen molar-refractivity contribution in [2.24, 2.45) is 11.8 Å². The van der Waals surface area contributed by atoms with Gasteiger partial charge in [0.15, 0.2) is 0 Å². The number of hydrogen-bond acceptors (Lipinski definition) is 2. The van der Waals surface area contributed by atoms with Crippen LogP contribution < -0.4 is 5.32 Å². The molecule has 116 valence electrons. The van der Waals surface area contributed by atoms with Gasteiger partial charge in [0.2, 0.25) is 5.91 Å². The lowest BCUT2D eigenvalue weighted by Gasteiger charge is -2.21. The van der Waals surface area contributed by atoms with E-state index in [0.29, 0.717) is 11.4 Å². The van der Waals surface area contributed by atoms with Gasteiger partial charge in [-0.2, -0.15) is 0 Å². The Morgan fingerprint density at radius 3 is 2.52 bits per heavy atom. The summed E-state index contributed by atoms with van der Waals surface area (Å²) in [5, 5.41) is 4.16. The molecule has 3 rings (SSSR count). The molecule has 0 aromatic heterocycles. The van der Waals surface area contributed by atoms with Crippen molar-refractivity contribution in [3.63, 3.8) is 0 Å². The minimum absolute atomic E-state index is 0. The summed E-state index contributed by atoms with van der Waals surface area (Å²) in [7, 11) is 0. The van der Waals surface area contributed by atoms with E-state index in [4.69, 9.17) is 11.6 Å². The van der Waals surface area contributed by atoms with Crippen LogP contribution in [0.2, 0.25) is 5.02 Å². The topological polar surface area (TPSA) is 32.3 Å². The summed E-state index contributed by atoms with van der Waals surface area (Å²) in [5.74, 6) is 1.76. The fraction of sp³-hybridized carbons (Fsp3) is 0.562. The molecule has 2 atom stereocenters. The van der Waals surface area contributed by atoms with Gasteiger partial charge in [-0.25, -0.2) is 0 Å². The van der Waals surface area contributed by atoms with Gasteiger partial charge in [-0.3, -0.25) is 4.79 Å². The van der Waals surface area contributed by atoms with Crippen molar-refractivity contribution in [1.29, 1.82) is 0 Å². The van der Waals surface area contributed by atoms with Gasteiger partial charge in [-0.15, -0.1) is 12.4 Å². The zero-order valence-electron chi connectivity index (χ0n) is 12.1. The summed E-state index contributed by atoms with van der Waals surface area (Å²) in [5.41, 5.74) is 1.01. The van der Waals surface area contributed by atoms with Gasteiger partial charge in [0, 0.05) is 18.1 Å². The summed E-state index contributed by atoms with van der Waals surface area (Å²) in [6.07, 6.45) is 2.74. The Hall–Kier alpha value is -0.770. The molecular formula is C16H22Cl2N2O. The van der Waals surface area contributed by atoms with Crippen LogP contribution in [0.25, 0.3) is 0 Å². The molecule has 2 aliphatic rings. The fourth-order valence-electron chi connectivity index (χ4n) is 3.40. The monoisotopic (exact) mass is 328 g/mol. The number of amides is 1. The van der Waals surface area contributed by atoms with Crippen molar-refractivity contribution in [1.82, 2.24) is 10.2 Å². The summed E-state index contributed by atoms with van der Waals surface area (Å²) < 4.78 is 0. The Labute approximate surface area is 137 Å². The zero-order chi connectivity index (χ0) is 13.9. The SMILES string of the molecule is Cl.O=C(Cc1cccc(Cl)c1)N1CC[C@@H]2CNC[C@@H]2CC1. The van der Waals surface area contributed by atoms with Gasteiger partial charge in [-0.1, -0.05) is 23.7 Å². The third-order valence-electron chi connectivity index (χ3n) is 4.62. The van der Waals surface area contributed by atoms with Crippen molar-refractivity contribution >= 4 is 29.9 Å². The normalized spacial score (nSPS) is 24.9. The zero-order valence-corrected chi connectivity index (χ0v) is 13.6. The number of halogens is 2. The number of likely N-dealkylation sites (tertiary alicyclic amines) is 1. The van der Waals surface area contributed by atoms with Crippen LogP contribution in [0.3, 0.4) is 0 Å². The minimum atomic E-state index is 0. The van der Waals surface area contributed by atoms with Crippen LogP contribution >= 0.6 is 24.0 Å². The standard InChI is InChI=1S/C16H21ClN2O.ClH/c17-15-3-1-2-12(8-15)9-16(20)19-6-4-13-10-18-11-14(13)5-7-19;/h1-3,8,13-14,18H,4-7,9-11H2;1H/t13-,14+;. The third kappa shape index (κ3) is 4.12. The number of rotatable bonds is 2. The molecule has 0 aliphatic carbocycles. The first-order valence-electron chi connectivity index (χ1n) is 7.45. The second-order valence-corrected chi connectivity index (χ2v) is 6.38. The van der Waals surface area contributed by atoms with E-state index in [1.807, 2.05) is 29.2 Å². The summed E-state index contributed by atoms with van der Waals surface area (Å²) in [6.45, 7) is 4.06. The van der Waals surface area contributed by atoms with E-state index in [9.17, 15) is 4.79 Å². The van der Waals surface area contributed by atoms with Crippen LogP contribution in [0, 0.1) is 11.8 Å². The van der Waals surface area contributed by atoms with Crippen LogP contribution in [0.1, 0.15) is 18.4 Å². The van der Waals surface area contributed by atoms with Gasteiger partial charge in [0.1, 0.15) is 0 Å². The molecule has 0 unspecified atom stereocenters. The Morgan fingerprint density at radius 1 is 1.24 bits per heavy atom. The Bertz CT molecular complexity index is 481. The van der Waals surface area contributed by atoms with Gasteiger partial charge in [-0.05, 0) is 55.5 Å². The molecule has 5 heteroatoms. The van der Waals surface area contributed by atoms with Crippen LogP contribution in [0.5, 0.6) is 0 Å². The van der Waals surface area contributed by atoms with E-state index >= 15 is 0 Å². The van der Waals surface area contributed by atoms with Crippen molar-refractivity contribution in [2.45, 2.75) is 19.3 Å². The lowest BCUT2D eigenvalue weighted by Crippen LogP contribution is -2.33. The number of fused-ring (bicyclic) bond motifs is 1. The van der Waals surface area contributed by atoms with Gasteiger partial charge in [0.25, 0.3) is 0 Å². The van der Waals surface area contributed by atoms with Crippen LogP contribution in [-0.4, -0.2) is 37.0 Å². The molecule has 0 bridgehead atoms. The molecular weight excluding hydrogens is 307 g/mol. The van der Waals surface area contributed by atoms with E-state index in [1.165, 1.54) is 0 Å². The Kier molecular flexibility index (Phi) is 5.91. The molecule has 3 nitrogen and oxygen atoms in total. The van der Waals surface area contributed by atoms with Gasteiger partial charge >= 0.3 is 0 Å². The number of nitrogens with zero attached hydrogens (tertiary/aromatic N) is 1. The number of carbonyl (C=O) groups excluding carboxylic acids is 1. The van der Waals surface area contributed by atoms with E-state index in [2.05, 4.69) is 5.32 Å². The summed E-state index contributed by atoms with van der Waals surface area (Å²) in [4.78, 5) is 14.5. The lowest BCUT2D eigenvalue weighted by molar-refractivity contribution is -0.130. The molecule has 0 saturated carbocycles. The first-order valence-corrected chi connectivity index (χ1v) is 7.83. The second-order valence-electron chi connectivity index (χ2n) is 5.94. The van der Waals surface area contributed by atoms with Crippen LogP contribution in [-0.2, 0) is 11.2 Å². The molecule has 1 amide bonds. The highest BCUT2D eigenvalue weighted by molar-refractivity contribution is 6.30. The minimum Gasteiger partial charge on any atom is -0.342 e. The number of carbonyl (C=O) groups is 1. The highest BCUT2D eigenvalue weighted by atomic mass is 35.5. The maximum atomic E-state index is 12.4. The maximum Gasteiger partial charge on any atom is 0.226 e. The highest BCUT2D eigenvalue weighted by Crippen LogP contribution is 2.27. The highest BCUT2D eigenvalue weighted by Gasteiger charge is 2.31. The Balaban J connectivity index is 0.00000161. The largest absolute Gasteiger partial charge is 0.342 e. The van der Waals surface area contributed by atoms with Crippen molar-refractivity contribution in [2.75, 3.05) is 26.2 Å². The van der Waals surface area contributed by atoms with E-state index in [1.54, 1.807) is 0 Å². The molecule has 1 aromatic carbocycles. The quantitative estimate of drug-likeness (QED) is 0.905. The fourth-order valence-corrected chi connectivity index (χ4v) is 3.61. The predicted molar refractivity (Wildman–Crippen MR) is 88.1 cm³/mol. The smallest absolute Gasteiger partial charge is 0.226 e. The molecule has 21 heavy (non-hydrogen) atoms. The average molecular weight is 329 g/mol. The Morgan fingerprint density at radius 2 is 1.90 bits per heavy atom. The van der Waals surface area contributed by atoms with Crippen LogP contribution in [0.15, 0.2) is 24.3 Å². The second kappa shape index (κ2) is 7.48. The molecule has 2 aliphatic heterocycles. The average Bonchev–Trinajstić information content (AvgIpc) is 2.77. The number of hydrogen-bond donors (Lipinski definition) is 1. The first kappa shape index (κ1) is 16.6. The molecule has 2 fully saturated rings. The van der Waals surface area contributed by atoms with E-state index < -0.39 is 0 Å². The number of benzene rings is 1. The molecule has 1 aromatic rings. The third-order valence-corrected chi connectivity index (χ3v) is 4.85. The van der Waals surface area contributed by atoms with Crippen molar-refractivity contribution in [3.8, 4) is 0 Å². The molecule has 2 saturated heterocycles. The molecule has 2 heterocycles. The first-order chi connectivity index (χ1) is 9.72. The maximum absolute atomic E-state index is 12.4. The van der Waals surface area contributed by atoms with E-state index in [0.717, 1.165) is 56.4 Å². The molecule has 0 spiro atoms. The van der Waals surface area contributed by atoms with Gasteiger partial charge < -0.3 is 10.2 Å². The summed E-state index contributed by atoms with van der Waals surface area (Å²) >= 11 is 5.97. The van der Waals surface area contributed by atoms with Crippen molar-refractivity contribution in [3.05, 3.63) is 34.9 Å². The summed E-state index contributed by atoms with van der Waals surface area (Å²) in [6, 6.07) is 7.61. The number of nitrogens with one attached hydrogen (secondary N) is 1. The predicted octanol–water partition coefficient (Wildman–Crippen LogP) is 2.76. The van der Waals surface area contributed by atoms with E-state index in [-0.39, 0.29) is 18.3 Å².